The second-order valence-corrected chi connectivity index (χ2v) is 35.3. The number of hydrogen-bond donors (Lipinski definition) is 0. The molecule has 0 bridgehead atoms. The Hall–Kier alpha value is -19.3. The molecule has 15 nitrogen and oxygen atoms in total. The maximum atomic E-state index is 13.1. The summed E-state index contributed by atoms with van der Waals surface area (Å²) in [4.78, 5) is 89.8. The molecule has 148 heavy (non-hydrogen) atoms. The third-order valence-corrected chi connectivity index (χ3v) is 24.3. The number of carbonyl (C=O) groups is 7. The fourth-order valence-electron chi connectivity index (χ4n) is 15.6. The van der Waals surface area contributed by atoms with E-state index in [1.807, 2.05) is 222 Å². The van der Waals surface area contributed by atoms with Crippen LogP contribution in [0.5, 0.6) is 80.5 Å². The lowest BCUT2D eigenvalue weighted by atomic mass is 9.98. The van der Waals surface area contributed by atoms with Crippen molar-refractivity contribution >= 4 is 51.6 Å². The van der Waals surface area contributed by atoms with Crippen molar-refractivity contribution < 1.29 is 71.5 Å². The van der Waals surface area contributed by atoms with Crippen LogP contribution in [0, 0.1) is 27.7 Å². The van der Waals surface area contributed by atoms with Gasteiger partial charge in [0.1, 0.15) is 80.5 Å². The molecule has 0 aliphatic heterocycles. The largest absolute Gasteiger partial charge is 0.497 e. The summed E-state index contributed by atoms with van der Waals surface area (Å²) in [5.74, 6) is 9.06. The summed E-state index contributed by atoms with van der Waals surface area (Å²) in [6, 6.07) is 140. The zero-order valence-electron chi connectivity index (χ0n) is 82.9. The minimum Gasteiger partial charge on any atom is -0.497 e. The Bertz CT molecular complexity index is 7850. The van der Waals surface area contributed by atoms with Crippen LogP contribution in [0.2, 0.25) is 0 Å². The van der Waals surface area contributed by atoms with Gasteiger partial charge in [0.25, 0.3) is 0 Å². The van der Waals surface area contributed by atoms with Crippen molar-refractivity contribution in [2.24, 2.45) is 0 Å². The normalized spacial score (nSPS) is 10.5. The number of aryl methyl sites for hydroxylation is 4. The van der Waals surface area contributed by atoms with Gasteiger partial charge in [0.15, 0.2) is 40.5 Å². The third kappa shape index (κ3) is 27.3. The number of rotatable bonds is 32. The average molecular weight is 1940 g/mol. The monoisotopic (exact) mass is 1940 g/mol. The summed E-state index contributed by atoms with van der Waals surface area (Å²) < 4.78 is 45.8. The van der Waals surface area contributed by atoms with Crippen LogP contribution in [0.3, 0.4) is 0 Å². The number of benzene rings is 19. The quantitative estimate of drug-likeness (QED) is 0.0361. The van der Waals surface area contributed by atoms with Crippen LogP contribution in [-0.2, 0) is 0 Å². The molecule has 0 saturated heterocycles. The molecule has 0 aliphatic carbocycles. The summed E-state index contributed by atoms with van der Waals surface area (Å²) in [7, 11) is 3.16. The zero-order chi connectivity index (χ0) is 104. The van der Waals surface area contributed by atoms with Gasteiger partial charge in [-0.05, 0) is 330 Å². The molecule has 0 heterocycles. The second-order valence-electron chi connectivity index (χ2n) is 35.3. The van der Waals surface area contributed by atoms with Crippen molar-refractivity contribution in [1.82, 2.24) is 0 Å². The van der Waals surface area contributed by atoms with Gasteiger partial charge < -0.3 is 37.9 Å². The van der Waals surface area contributed by atoms with Crippen molar-refractivity contribution in [3.8, 4) is 103 Å². The van der Waals surface area contributed by atoms with Crippen molar-refractivity contribution in [3.63, 3.8) is 0 Å². The predicted molar refractivity (Wildman–Crippen MR) is 586 cm³/mol. The minimum absolute atomic E-state index is 0.0154. The fourth-order valence-corrected chi connectivity index (χ4v) is 15.6. The predicted octanol–water partition coefficient (Wildman–Crippen LogP) is 32.8. The highest BCUT2D eigenvalue weighted by Gasteiger charge is 2.20. The van der Waals surface area contributed by atoms with Crippen molar-refractivity contribution in [2.45, 2.75) is 41.5 Å². The molecule has 15 heteroatoms. The van der Waals surface area contributed by atoms with E-state index in [1.54, 1.807) is 245 Å². The summed E-state index contributed by atoms with van der Waals surface area (Å²) >= 11 is 0. The first kappa shape index (κ1) is 102. The first-order valence-corrected chi connectivity index (χ1v) is 47.9. The first-order chi connectivity index (χ1) is 71.8. The Labute approximate surface area is 861 Å². The van der Waals surface area contributed by atoms with Gasteiger partial charge in [-0.25, -0.2) is 0 Å². The van der Waals surface area contributed by atoms with Gasteiger partial charge in [0.2, 0.25) is 0 Å². The highest BCUT2D eigenvalue weighted by atomic mass is 16.5. The second kappa shape index (κ2) is 48.5. The van der Waals surface area contributed by atoms with E-state index in [4.69, 9.17) is 37.9 Å². The van der Waals surface area contributed by atoms with Crippen molar-refractivity contribution in [3.05, 3.63) is 585 Å². The highest BCUT2D eigenvalue weighted by Crippen LogP contribution is 2.36. The maximum absolute atomic E-state index is 13.1. The molecular weight excluding hydrogens is 1840 g/mol. The molecule has 0 atom stereocenters. The lowest BCUT2D eigenvalue weighted by Gasteiger charge is -2.10. The molecular formula is C133H104O15. The Morgan fingerprint density at radius 3 is 0.405 bits per heavy atom. The molecule has 0 N–H and O–H groups in total. The van der Waals surface area contributed by atoms with Crippen LogP contribution in [0.4, 0.5) is 0 Å². The molecule has 19 aromatic carbocycles. The number of ether oxygens (including phenoxy) is 8. The lowest BCUT2D eigenvalue weighted by Crippen LogP contribution is -2.04. The molecule has 726 valence electrons. The molecule has 19 aromatic rings. The van der Waals surface area contributed by atoms with E-state index in [-0.39, 0.29) is 40.5 Å². The van der Waals surface area contributed by atoms with E-state index in [0.29, 0.717) is 130 Å². The van der Waals surface area contributed by atoms with Crippen LogP contribution in [0.25, 0.3) is 33.4 Å². The number of hydrogen-bond acceptors (Lipinski definition) is 15. The molecule has 0 fully saturated rings. The highest BCUT2D eigenvalue weighted by molar-refractivity contribution is 6.14. The molecule has 0 aromatic heterocycles. The van der Waals surface area contributed by atoms with Gasteiger partial charge in [-0.1, -0.05) is 253 Å². The van der Waals surface area contributed by atoms with E-state index in [9.17, 15) is 33.6 Å². The maximum Gasteiger partial charge on any atom is 0.193 e. The van der Waals surface area contributed by atoms with Gasteiger partial charge in [-0.3, -0.25) is 33.6 Å². The van der Waals surface area contributed by atoms with E-state index in [1.165, 1.54) is 16.7 Å². The van der Waals surface area contributed by atoms with Gasteiger partial charge in [-0.2, -0.15) is 0 Å². The smallest absolute Gasteiger partial charge is 0.193 e. The Kier molecular flexibility index (Phi) is 33.3. The lowest BCUT2D eigenvalue weighted by molar-refractivity contribution is 0.102. The Morgan fingerprint density at radius 2 is 0.236 bits per heavy atom. The molecule has 0 spiro atoms. The number of methoxy groups -OCH3 is 2. The zero-order valence-corrected chi connectivity index (χ0v) is 82.9. The third-order valence-electron chi connectivity index (χ3n) is 24.3. The Balaban J connectivity index is 0.000000142. The summed E-state index contributed by atoms with van der Waals surface area (Å²) in [5, 5.41) is 0. The first-order valence-electron chi connectivity index (χ1n) is 47.9. The van der Waals surface area contributed by atoms with Gasteiger partial charge in [0, 0.05) is 77.9 Å². The molecule has 0 aliphatic rings. The van der Waals surface area contributed by atoms with Crippen LogP contribution < -0.4 is 37.9 Å². The molecule has 0 amide bonds. The Morgan fingerprint density at radius 1 is 0.142 bits per heavy atom. The average Bonchev–Trinajstić information content (AvgIpc) is 0.793. The van der Waals surface area contributed by atoms with E-state index in [2.05, 4.69) is 63.4 Å². The molecule has 0 unspecified atom stereocenters. The van der Waals surface area contributed by atoms with E-state index < -0.39 is 0 Å². The van der Waals surface area contributed by atoms with Gasteiger partial charge in [-0.15, -0.1) is 0 Å². The van der Waals surface area contributed by atoms with Gasteiger partial charge in [0.05, 0.1) is 14.2 Å². The molecule has 0 radical (unpaired) electrons. The van der Waals surface area contributed by atoms with Crippen LogP contribution in [0.1, 0.15) is 159 Å². The van der Waals surface area contributed by atoms with E-state index in [0.717, 1.165) is 78.8 Å². The van der Waals surface area contributed by atoms with Crippen LogP contribution in [-0.4, -0.2) is 54.7 Å². The number of ketones is 7. The number of carbonyl (C=O) groups excluding carboxylic acids is 7. The fraction of sp³-hybridized carbons (Fsp3) is 0.0602. The van der Waals surface area contributed by atoms with Crippen molar-refractivity contribution in [1.29, 1.82) is 0 Å². The van der Waals surface area contributed by atoms with Crippen LogP contribution >= 0.6 is 0 Å². The summed E-state index contributed by atoms with van der Waals surface area (Å²) in [5.41, 5.74) is 21.1. The number of allylic oxidation sites excluding steroid dienone is 2. The molecule has 0 saturated carbocycles. The van der Waals surface area contributed by atoms with Crippen molar-refractivity contribution in [2.75, 3.05) is 14.2 Å². The summed E-state index contributed by atoms with van der Waals surface area (Å²) in [6.07, 6.45) is 0. The SMILES string of the molecule is C=C(C)c1ccc(C(=O)c2ccc(-c3ccc(Oc4ccc(C)cc4)cc3)cc2)cc1.C=C(C)c1ccc(Oc2ccc(C(=O)c3ccc(Oc4ccc(Oc5ccc(-c6ccc(C)cc6)cc5)cc4)cc3)cc2)cc1.COc1ccc(C(=O)c2ccc(C(=O)c3ccc(Oc4ccc(C)cc4)cc3)cc2)cc1.COc1ccc(C(=O)c2ccc(Oc3ccc(C(=O)c4ccc(C(=O)c5ccc(C)cc5)cc4)cc3)cc2)cc1. The van der Waals surface area contributed by atoms with Gasteiger partial charge >= 0.3 is 0 Å². The minimum atomic E-state index is -0.151. The standard InChI is InChI=1S/C41H32O4.C35H26O5.C29H24O2.C28H22O4/c1-28(2)30-8-16-35(17-9-30)43-37-20-12-33(13-21-37)41(42)34-14-22-38(23-15-34)45-40-26-24-39(25-27-40)44-36-18-10-32(11-19-36)31-6-4-29(3)5-7-31;1-23-3-5-24(6-4-23)33(36)25-7-9-26(10-8-25)34(37)28-13-19-31(20-14-28)40-32-21-15-29(16-22-32)35(38)27-11-17-30(39-2)18-12-27;1-20(2)22-6-10-25(11-7-22)29(30)26-12-8-23(9-13-26)24-14-18-28(19-15-24)31-27-16-4-21(3)5-17-27;1-19-3-13-25(14-4-19)32-26-17-11-23(12-18-26)28(30)21-7-5-20(6-8-21)27(29)22-9-15-24(31-2)16-10-22/h4-27H,1H2,2-3H3;3-22H,1-2H3;4-19H,1H2,2-3H3;3-18H,1-2H3. The van der Waals surface area contributed by atoms with Crippen LogP contribution in [0.15, 0.2) is 474 Å². The molecule has 19 rings (SSSR count). The van der Waals surface area contributed by atoms with E-state index >= 15 is 0 Å². The topological polar surface area (TPSA) is 193 Å². The summed E-state index contributed by atoms with van der Waals surface area (Å²) in [6.45, 7) is 19.9.